The molecule has 0 atom stereocenters. The van der Waals surface area contributed by atoms with Gasteiger partial charge in [-0.2, -0.15) is 0 Å². The molecule has 0 fully saturated rings. The van der Waals surface area contributed by atoms with Crippen molar-refractivity contribution in [2.24, 2.45) is 0 Å². The molecule has 0 unspecified atom stereocenters. The quantitative estimate of drug-likeness (QED) is 0.875. The summed E-state index contributed by atoms with van der Waals surface area (Å²) in [6.45, 7) is 0.0138. The molecule has 0 amide bonds. The molecular formula is C9H10N2O3S3. The van der Waals surface area contributed by atoms with Crippen molar-refractivity contribution in [2.45, 2.75) is 10.6 Å². The van der Waals surface area contributed by atoms with Gasteiger partial charge in [-0.15, -0.1) is 22.7 Å². The van der Waals surface area contributed by atoms with Crippen LogP contribution in [0.1, 0.15) is 4.88 Å². The summed E-state index contributed by atoms with van der Waals surface area (Å²) in [5.41, 5.74) is 0. The van der Waals surface area contributed by atoms with Crippen LogP contribution < -0.4 is 4.72 Å². The number of nitrogens with one attached hydrogen (secondary N) is 1. The summed E-state index contributed by atoms with van der Waals surface area (Å²) < 4.78 is 26.5. The Hall–Kier alpha value is -0.960. The largest absolute Gasteiger partial charge is 0.396 e. The Kier molecular flexibility index (Phi) is 3.77. The first-order valence-corrected chi connectivity index (χ1v) is 7.91. The molecule has 0 aliphatic heterocycles. The van der Waals surface area contributed by atoms with Crippen molar-refractivity contribution >= 4 is 37.8 Å². The highest BCUT2D eigenvalue weighted by Gasteiger charge is 2.17. The first kappa shape index (κ1) is 12.5. The first-order chi connectivity index (χ1) is 8.12. The zero-order chi connectivity index (χ0) is 12.3. The Morgan fingerprint density at radius 3 is 2.88 bits per heavy atom. The minimum atomic E-state index is -3.55. The third kappa shape index (κ3) is 3.03. The molecule has 0 saturated carbocycles. The third-order valence-corrected chi connectivity index (χ3v) is 5.71. The van der Waals surface area contributed by atoms with Gasteiger partial charge in [-0.05, 0) is 12.1 Å². The van der Waals surface area contributed by atoms with E-state index in [9.17, 15) is 8.42 Å². The van der Waals surface area contributed by atoms with Crippen molar-refractivity contribution in [3.63, 3.8) is 0 Å². The molecule has 2 aromatic heterocycles. The van der Waals surface area contributed by atoms with Gasteiger partial charge in [0.2, 0.25) is 0 Å². The molecule has 2 rings (SSSR count). The van der Waals surface area contributed by atoms with Crippen LogP contribution >= 0.6 is 22.7 Å². The molecule has 0 aliphatic rings. The number of thiophene rings is 1. The summed E-state index contributed by atoms with van der Waals surface area (Å²) in [6, 6.07) is 3.24. The minimum Gasteiger partial charge on any atom is -0.396 e. The number of thiazole rings is 1. The summed E-state index contributed by atoms with van der Waals surface area (Å²) in [6.07, 6.45) is 2.01. The van der Waals surface area contributed by atoms with E-state index in [-0.39, 0.29) is 10.8 Å². The van der Waals surface area contributed by atoms with E-state index in [1.807, 2.05) is 0 Å². The van der Waals surface area contributed by atoms with Gasteiger partial charge in [-0.3, -0.25) is 4.72 Å². The molecule has 0 aliphatic carbocycles. The number of nitrogens with zero attached hydrogens (tertiary/aromatic N) is 1. The Labute approximate surface area is 107 Å². The molecule has 0 bridgehead atoms. The number of rotatable bonds is 5. The third-order valence-electron chi connectivity index (χ3n) is 1.91. The molecule has 2 N–H and O–H groups in total. The number of sulfonamides is 1. The van der Waals surface area contributed by atoms with Gasteiger partial charge in [0, 0.05) is 29.5 Å². The maximum Gasteiger partial charge on any atom is 0.273 e. The molecule has 0 aromatic carbocycles. The van der Waals surface area contributed by atoms with E-state index in [2.05, 4.69) is 9.71 Å². The van der Waals surface area contributed by atoms with Crippen molar-refractivity contribution in [1.82, 2.24) is 4.98 Å². The van der Waals surface area contributed by atoms with Crippen LogP contribution in [0.5, 0.6) is 0 Å². The number of aliphatic hydroxyl groups is 1. The molecule has 8 heteroatoms. The van der Waals surface area contributed by atoms with E-state index >= 15 is 0 Å². The fraction of sp³-hybridized carbons (Fsp3) is 0.222. The van der Waals surface area contributed by atoms with Gasteiger partial charge in [0.25, 0.3) is 10.0 Å². The van der Waals surface area contributed by atoms with Gasteiger partial charge >= 0.3 is 0 Å². The first-order valence-electron chi connectivity index (χ1n) is 4.74. The lowest BCUT2D eigenvalue weighted by Crippen LogP contribution is -2.10. The Morgan fingerprint density at radius 1 is 1.41 bits per heavy atom. The van der Waals surface area contributed by atoms with Gasteiger partial charge in [0.15, 0.2) is 5.13 Å². The van der Waals surface area contributed by atoms with Gasteiger partial charge < -0.3 is 5.11 Å². The van der Waals surface area contributed by atoms with Crippen molar-refractivity contribution in [1.29, 1.82) is 0 Å². The zero-order valence-electron chi connectivity index (χ0n) is 8.66. The molecular weight excluding hydrogens is 280 g/mol. The van der Waals surface area contributed by atoms with Crippen molar-refractivity contribution in [3.05, 3.63) is 28.6 Å². The van der Waals surface area contributed by atoms with Crippen LogP contribution in [0.3, 0.4) is 0 Å². The number of anilines is 1. The molecule has 92 valence electrons. The molecule has 17 heavy (non-hydrogen) atoms. The second-order valence-electron chi connectivity index (χ2n) is 3.14. The second kappa shape index (κ2) is 5.13. The standard InChI is InChI=1S/C9H10N2O3S3/c12-5-3-7-1-2-8(16-7)17(13,14)11-9-10-4-6-15-9/h1-2,4,6,12H,3,5H2,(H,10,11). The maximum absolute atomic E-state index is 11.9. The molecule has 0 radical (unpaired) electrons. The second-order valence-corrected chi connectivity index (χ2v) is 7.11. The monoisotopic (exact) mass is 290 g/mol. The highest BCUT2D eigenvalue weighted by atomic mass is 32.2. The van der Waals surface area contributed by atoms with E-state index < -0.39 is 10.0 Å². The molecule has 0 spiro atoms. The average molecular weight is 290 g/mol. The topological polar surface area (TPSA) is 79.3 Å². The predicted octanol–water partition coefficient (Wildman–Crippen LogP) is 1.54. The van der Waals surface area contributed by atoms with Crippen LogP contribution in [0.4, 0.5) is 5.13 Å². The Morgan fingerprint density at radius 2 is 2.24 bits per heavy atom. The van der Waals surface area contributed by atoms with E-state index in [0.717, 1.165) is 16.2 Å². The number of aromatic nitrogens is 1. The van der Waals surface area contributed by atoms with Crippen LogP contribution in [0.15, 0.2) is 27.9 Å². The number of hydrogen-bond donors (Lipinski definition) is 2. The SMILES string of the molecule is O=S(=O)(Nc1nccs1)c1ccc(CCO)s1. The lowest BCUT2D eigenvalue weighted by Gasteiger charge is -2.01. The van der Waals surface area contributed by atoms with Crippen LogP contribution in [0.2, 0.25) is 0 Å². The normalized spacial score (nSPS) is 11.6. The van der Waals surface area contributed by atoms with Crippen molar-refractivity contribution in [3.8, 4) is 0 Å². The van der Waals surface area contributed by atoms with Crippen LogP contribution in [0, 0.1) is 0 Å². The van der Waals surface area contributed by atoms with Crippen molar-refractivity contribution in [2.75, 3.05) is 11.3 Å². The van der Waals surface area contributed by atoms with Gasteiger partial charge in [0.1, 0.15) is 4.21 Å². The van der Waals surface area contributed by atoms with Gasteiger partial charge in [0.05, 0.1) is 0 Å². The Balaban J connectivity index is 2.19. The lowest BCUT2D eigenvalue weighted by atomic mass is 10.4. The molecule has 2 aromatic rings. The molecule has 5 nitrogen and oxygen atoms in total. The van der Waals surface area contributed by atoms with Gasteiger partial charge in [-0.1, -0.05) is 0 Å². The number of hydrogen-bond acceptors (Lipinski definition) is 6. The van der Waals surface area contributed by atoms with Crippen molar-refractivity contribution < 1.29 is 13.5 Å². The van der Waals surface area contributed by atoms with E-state index in [0.29, 0.717) is 11.6 Å². The molecule has 0 saturated heterocycles. The van der Waals surface area contributed by atoms with E-state index in [1.54, 1.807) is 11.4 Å². The maximum atomic E-state index is 11.9. The van der Waals surface area contributed by atoms with Gasteiger partial charge in [-0.25, -0.2) is 13.4 Å². The van der Waals surface area contributed by atoms with Crippen LogP contribution in [0.25, 0.3) is 0 Å². The summed E-state index contributed by atoms with van der Waals surface area (Å²) in [4.78, 5) is 4.70. The summed E-state index contributed by atoms with van der Waals surface area (Å²) >= 11 is 2.38. The highest BCUT2D eigenvalue weighted by Crippen LogP contribution is 2.24. The predicted molar refractivity (Wildman–Crippen MR) is 68.0 cm³/mol. The smallest absolute Gasteiger partial charge is 0.273 e. The fourth-order valence-electron chi connectivity index (χ4n) is 1.19. The number of aliphatic hydroxyl groups excluding tert-OH is 1. The summed E-state index contributed by atoms with van der Waals surface area (Å²) in [5.74, 6) is 0. The fourth-order valence-corrected chi connectivity index (χ4v) is 4.32. The Bertz CT molecular complexity index is 574. The van der Waals surface area contributed by atoms with Crippen LogP contribution in [-0.2, 0) is 16.4 Å². The lowest BCUT2D eigenvalue weighted by molar-refractivity contribution is 0.300. The zero-order valence-corrected chi connectivity index (χ0v) is 11.1. The average Bonchev–Trinajstić information content (AvgIpc) is 2.88. The van der Waals surface area contributed by atoms with E-state index in [1.165, 1.54) is 23.6 Å². The highest BCUT2D eigenvalue weighted by molar-refractivity contribution is 7.94. The molecule has 2 heterocycles. The van der Waals surface area contributed by atoms with Crippen LogP contribution in [-0.4, -0.2) is 25.1 Å². The minimum absolute atomic E-state index is 0.0138. The van der Waals surface area contributed by atoms with E-state index in [4.69, 9.17) is 5.11 Å². The summed E-state index contributed by atoms with van der Waals surface area (Å²) in [5, 5.41) is 10.8. The summed E-state index contributed by atoms with van der Waals surface area (Å²) in [7, 11) is -3.55.